The molecular weight excluding hydrogens is 264 g/mol. The molecule has 3 rings (SSSR count). The van der Waals surface area contributed by atoms with E-state index >= 15 is 0 Å². The molecule has 4 heteroatoms. The van der Waals surface area contributed by atoms with Crippen LogP contribution < -0.4 is 9.64 Å². The molecule has 0 bridgehead atoms. The maximum absolute atomic E-state index is 12.4. The molecular formula is C17H18N2O2. The molecule has 1 aromatic heterocycles. The first kappa shape index (κ1) is 13.6. The summed E-state index contributed by atoms with van der Waals surface area (Å²) in [5.74, 6) is 1.01. The van der Waals surface area contributed by atoms with Crippen molar-refractivity contribution in [3.63, 3.8) is 0 Å². The normalized spacial score (nSPS) is 12.7. The van der Waals surface area contributed by atoms with Crippen molar-refractivity contribution in [1.82, 2.24) is 4.98 Å². The number of rotatable bonds is 3. The van der Waals surface area contributed by atoms with Gasteiger partial charge in [0.15, 0.2) is 0 Å². The zero-order chi connectivity index (χ0) is 14.8. The molecule has 0 N–H and O–H groups in total. The maximum atomic E-state index is 12.4. The predicted molar refractivity (Wildman–Crippen MR) is 81.7 cm³/mol. The first-order valence-corrected chi connectivity index (χ1v) is 7.08. The SMILES string of the molecule is Cc1ncccc1N(C)C(=O)Cc1ccc2c(c1)CCO2. The fourth-order valence-electron chi connectivity index (χ4n) is 2.61. The lowest BCUT2D eigenvalue weighted by Gasteiger charge is -2.19. The van der Waals surface area contributed by atoms with Gasteiger partial charge in [-0.15, -0.1) is 0 Å². The minimum absolute atomic E-state index is 0.0602. The highest BCUT2D eigenvalue weighted by Gasteiger charge is 2.16. The predicted octanol–water partition coefficient (Wildman–Crippen LogP) is 2.53. The number of likely N-dealkylation sites (N-methyl/N-ethyl adjacent to an activating group) is 1. The lowest BCUT2D eigenvalue weighted by molar-refractivity contribution is -0.117. The smallest absolute Gasteiger partial charge is 0.231 e. The van der Waals surface area contributed by atoms with Crippen LogP contribution in [0.25, 0.3) is 0 Å². The summed E-state index contributed by atoms with van der Waals surface area (Å²) in [5, 5.41) is 0. The monoisotopic (exact) mass is 282 g/mol. The van der Waals surface area contributed by atoms with Crippen molar-refractivity contribution in [2.45, 2.75) is 19.8 Å². The highest BCUT2D eigenvalue weighted by molar-refractivity contribution is 5.94. The second-order valence-electron chi connectivity index (χ2n) is 5.28. The number of aromatic nitrogens is 1. The highest BCUT2D eigenvalue weighted by Crippen LogP contribution is 2.26. The molecule has 21 heavy (non-hydrogen) atoms. The van der Waals surface area contributed by atoms with Crippen molar-refractivity contribution in [1.29, 1.82) is 0 Å². The van der Waals surface area contributed by atoms with Crippen LogP contribution in [0.15, 0.2) is 36.5 Å². The molecule has 0 saturated heterocycles. The molecule has 0 saturated carbocycles. The number of amides is 1. The van der Waals surface area contributed by atoms with Crippen LogP contribution in [0.3, 0.4) is 0 Å². The number of nitrogens with zero attached hydrogens (tertiary/aromatic N) is 2. The van der Waals surface area contributed by atoms with E-state index < -0.39 is 0 Å². The Balaban J connectivity index is 1.76. The Morgan fingerprint density at radius 3 is 3.05 bits per heavy atom. The Bertz CT molecular complexity index is 682. The van der Waals surface area contributed by atoms with E-state index in [2.05, 4.69) is 11.1 Å². The van der Waals surface area contributed by atoms with Crippen LogP contribution in [0.5, 0.6) is 5.75 Å². The summed E-state index contributed by atoms with van der Waals surface area (Å²) in [5.41, 5.74) is 3.93. The van der Waals surface area contributed by atoms with E-state index in [-0.39, 0.29) is 5.91 Å². The van der Waals surface area contributed by atoms with Crippen molar-refractivity contribution in [2.75, 3.05) is 18.6 Å². The van der Waals surface area contributed by atoms with Gasteiger partial charge in [0.05, 0.1) is 24.4 Å². The van der Waals surface area contributed by atoms with E-state index in [0.717, 1.165) is 35.7 Å². The molecule has 1 aliphatic rings. The van der Waals surface area contributed by atoms with Crippen molar-refractivity contribution < 1.29 is 9.53 Å². The summed E-state index contributed by atoms with van der Waals surface area (Å²) >= 11 is 0. The number of hydrogen-bond acceptors (Lipinski definition) is 3. The zero-order valence-corrected chi connectivity index (χ0v) is 12.3. The van der Waals surface area contributed by atoms with Crippen molar-refractivity contribution >= 4 is 11.6 Å². The van der Waals surface area contributed by atoms with Gasteiger partial charge in [0.2, 0.25) is 5.91 Å². The van der Waals surface area contributed by atoms with E-state index in [1.165, 1.54) is 5.56 Å². The summed E-state index contributed by atoms with van der Waals surface area (Å²) in [7, 11) is 1.79. The first-order chi connectivity index (χ1) is 10.1. The lowest BCUT2D eigenvalue weighted by atomic mass is 10.1. The van der Waals surface area contributed by atoms with Crippen LogP contribution >= 0.6 is 0 Å². The van der Waals surface area contributed by atoms with Gasteiger partial charge in [-0.1, -0.05) is 12.1 Å². The van der Waals surface area contributed by atoms with E-state index in [0.29, 0.717) is 6.42 Å². The van der Waals surface area contributed by atoms with Gasteiger partial charge < -0.3 is 9.64 Å². The number of pyridine rings is 1. The number of aryl methyl sites for hydroxylation is 1. The Morgan fingerprint density at radius 2 is 2.24 bits per heavy atom. The topological polar surface area (TPSA) is 42.4 Å². The van der Waals surface area contributed by atoms with Crippen LogP contribution in [0.1, 0.15) is 16.8 Å². The Labute approximate surface area is 124 Å². The van der Waals surface area contributed by atoms with Crippen LogP contribution in [0.2, 0.25) is 0 Å². The molecule has 108 valence electrons. The molecule has 2 aromatic rings. The van der Waals surface area contributed by atoms with Crippen molar-refractivity contribution in [3.05, 3.63) is 53.3 Å². The van der Waals surface area contributed by atoms with E-state index in [9.17, 15) is 4.79 Å². The van der Waals surface area contributed by atoms with Gasteiger partial charge in [0.25, 0.3) is 0 Å². The molecule has 0 unspecified atom stereocenters. The Kier molecular flexibility index (Phi) is 3.60. The molecule has 1 amide bonds. The number of fused-ring (bicyclic) bond motifs is 1. The molecule has 0 radical (unpaired) electrons. The molecule has 1 aliphatic heterocycles. The van der Waals surface area contributed by atoms with Gasteiger partial charge >= 0.3 is 0 Å². The molecule has 0 atom stereocenters. The maximum Gasteiger partial charge on any atom is 0.231 e. The van der Waals surface area contributed by atoms with Crippen LogP contribution in [0, 0.1) is 6.92 Å². The van der Waals surface area contributed by atoms with Gasteiger partial charge in [0, 0.05) is 19.7 Å². The van der Waals surface area contributed by atoms with Crippen molar-refractivity contribution in [2.24, 2.45) is 0 Å². The third-order valence-corrected chi connectivity index (χ3v) is 3.82. The van der Waals surface area contributed by atoms with E-state index in [1.54, 1.807) is 18.1 Å². The highest BCUT2D eigenvalue weighted by atomic mass is 16.5. The molecule has 0 fully saturated rings. The number of carbonyl (C=O) groups excluding carboxylic acids is 1. The fourth-order valence-corrected chi connectivity index (χ4v) is 2.61. The average Bonchev–Trinajstić information content (AvgIpc) is 2.94. The number of hydrogen-bond donors (Lipinski definition) is 0. The molecule has 2 heterocycles. The minimum atomic E-state index is 0.0602. The summed E-state index contributed by atoms with van der Waals surface area (Å²) < 4.78 is 5.49. The van der Waals surface area contributed by atoms with Gasteiger partial charge in [-0.05, 0) is 36.2 Å². The van der Waals surface area contributed by atoms with Crippen LogP contribution in [-0.2, 0) is 17.6 Å². The van der Waals surface area contributed by atoms with Gasteiger partial charge in [-0.3, -0.25) is 9.78 Å². The number of carbonyl (C=O) groups is 1. The second-order valence-corrected chi connectivity index (χ2v) is 5.28. The van der Waals surface area contributed by atoms with Gasteiger partial charge in [-0.25, -0.2) is 0 Å². The first-order valence-electron chi connectivity index (χ1n) is 7.08. The minimum Gasteiger partial charge on any atom is -0.493 e. The molecule has 0 spiro atoms. The quantitative estimate of drug-likeness (QED) is 0.868. The van der Waals surface area contributed by atoms with E-state index in [4.69, 9.17) is 4.74 Å². The lowest BCUT2D eigenvalue weighted by Crippen LogP contribution is -2.28. The third kappa shape index (κ3) is 2.75. The average molecular weight is 282 g/mol. The van der Waals surface area contributed by atoms with Crippen LogP contribution in [0.4, 0.5) is 5.69 Å². The summed E-state index contributed by atoms with van der Waals surface area (Å²) in [6.07, 6.45) is 3.05. The molecule has 0 aliphatic carbocycles. The molecule has 4 nitrogen and oxygen atoms in total. The van der Waals surface area contributed by atoms with Crippen molar-refractivity contribution in [3.8, 4) is 5.75 Å². The standard InChI is InChI=1S/C17H18N2O2/c1-12-15(4-3-8-18-12)19(2)17(20)11-13-5-6-16-14(10-13)7-9-21-16/h3-6,8,10H,7,9,11H2,1-2H3. The summed E-state index contributed by atoms with van der Waals surface area (Å²) in [4.78, 5) is 18.3. The summed E-state index contributed by atoms with van der Waals surface area (Å²) in [6.45, 7) is 2.65. The Morgan fingerprint density at radius 1 is 1.38 bits per heavy atom. The second kappa shape index (κ2) is 5.56. The third-order valence-electron chi connectivity index (χ3n) is 3.82. The largest absolute Gasteiger partial charge is 0.493 e. The number of benzene rings is 1. The number of ether oxygens (including phenoxy) is 1. The van der Waals surface area contributed by atoms with Crippen LogP contribution in [-0.4, -0.2) is 24.5 Å². The summed E-state index contributed by atoms with van der Waals surface area (Å²) in [6, 6.07) is 9.76. The fraction of sp³-hybridized carbons (Fsp3) is 0.294. The number of anilines is 1. The molecule has 1 aromatic carbocycles. The zero-order valence-electron chi connectivity index (χ0n) is 12.3. The van der Waals surface area contributed by atoms with E-state index in [1.807, 2.05) is 31.2 Å². The van der Waals surface area contributed by atoms with Gasteiger partial charge in [-0.2, -0.15) is 0 Å². The van der Waals surface area contributed by atoms with Gasteiger partial charge in [0.1, 0.15) is 5.75 Å². The Hall–Kier alpha value is -2.36.